The smallest absolute Gasteiger partial charge is 0.258 e. The molecule has 0 fully saturated rings. The molecule has 3 rings (SSSR count). The van der Waals surface area contributed by atoms with Gasteiger partial charge in [0.25, 0.3) is 11.5 Å². The molecule has 0 aliphatic rings. The Bertz CT molecular complexity index is 806. The van der Waals surface area contributed by atoms with Crippen LogP contribution in [0.5, 0.6) is 0 Å². The van der Waals surface area contributed by atoms with Crippen LogP contribution in [0.4, 0.5) is 5.69 Å². The number of aromatic nitrogens is 4. The maximum absolute atomic E-state index is 11.0. The monoisotopic (exact) mass is 307 g/mol. The Labute approximate surface area is 121 Å². The molecule has 0 spiro atoms. The molecule has 0 saturated carbocycles. The lowest BCUT2D eigenvalue weighted by Crippen LogP contribution is -1.96. The number of hydrogen-bond acceptors (Lipinski definition) is 6. The van der Waals surface area contributed by atoms with E-state index in [0.29, 0.717) is 15.7 Å². The second-order valence-corrected chi connectivity index (χ2v) is 5.17. The van der Waals surface area contributed by atoms with Gasteiger partial charge in [-0.2, -0.15) is 19.6 Å². The van der Waals surface area contributed by atoms with Crippen molar-refractivity contribution in [2.75, 3.05) is 0 Å². The predicted molar refractivity (Wildman–Crippen MR) is 73.0 cm³/mol. The maximum Gasteiger partial charge on any atom is 0.283 e. The van der Waals surface area contributed by atoms with Gasteiger partial charge in [-0.05, 0) is 6.07 Å². The minimum atomic E-state index is -0.427. The Morgan fingerprint density at radius 2 is 2.15 bits per heavy atom. The van der Waals surface area contributed by atoms with Crippen LogP contribution in [-0.4, -0.2) is 24.5 Å². The molecule has 100 valence electrons. The lowest BCUT2D eigenvalue weighted by molar-refractivity contribution is -0.387. The van der Waals surface area contributed by atoms with Crippen LogP contribution in [0.2, 0.25) is 5.15 Å². The number of hydrogen-bond donors (Lipinski definition) is 0. The van der Waals surface area contributed by atoms with Crippen molar-refractivity contribution < 1.29 is 4.92 Å². The van der Waals surface area contributed by atoms with Crippen LogP contribution in [-0.2, 0) is 0 Å². The highest BCUT2D eigenvalue weighted by Crippen LogP contribution is 2.34. The number of benzene rings is 1. The number of nitrogens with zero attached hydrogens (tertiary/aromatic N) is 5. The molecule has 0 aliphatic heterocycles. The van der Waals surface area contributed by atoms with E-state index in [1.807, 2.05) is 0 Å². The summed E-state index contributed by atoms with van der Waals surface area (Å²) in [7, 11) is 0. The van der Waals surface area contributed by atoms with E-state index < -0.39 is 4.92 Å². The normalized spacial score (nSPS) is 10.8. The van der Waals surface area contributed by atoms with Crippen LogP contribution >= 0.6 is 23.4 Å². The zero-order chi connectivity index (χ0) is 14.1. The second-order valence-electron chi connectivity index (χ2n) is 3.72. The van der Waals surface area contributed by atoms with Crippen molar-refractivity contribution in [3.05, 3.63) is 51.9 Å². The first-order valence-electron chi connectivity index (χ1n) is 5.43. The lowest BCUT2D eigenvalue weighted by Gasteiger charge is -2.04. The number of nitro groups is 1. The quantitative estimate of drug-likeness (QED) is 0.420. The summed E-state index contributed by atoms with van der Waals surface area (Å²) < 4.78 is 1.48. The zero-order valence-electron chi connectivity index (χ0n) is 9.80. The molecule has 0 amide bonds. The van der Waals surface area contributed by atoms with E-state index in [1.54, 1.807) is 24.3 Å². The molecular formula is C11H6ClN5O2S. The maximum atomic E-state index is 11.0. The van der Waals surface area contributed by atoms with Crippen LogP contribution in [0.1, 0.15) is 0 Å². The van der Waals surface area contributed by atoms with Crippen molar-refractivity contribution in [2.24, 2.45) is 0 Å². The molecule has 0 radical (unpaired) electrons. The Morgan fingerprint density at radius 1 is 1.35 bits per heavy atom. The van der Waals surface area contributed by atoms with Crippen molar-refractivity contribution in [1.82, 2.24) is 19.6 Å². The van der Waals surface area contributed by atoms with Gasteiger partial charge in [-0.15, -0.1) is 0 Å². The fourth-order valence-electron chi connectivity index (χ4n) is 1.64. The summed E-state index contributed by atoms with van der Waals surface area (Å²) in [6, 6.07) is 8.05. The van der Waals surface area contributed by atoms with Gasteiger partial charge in [-0.3, -0.25) is 10.1 Å². The van der Waals surface area contributed by atoms with E-state index in [2.05, 4.69) is 15.1 Å². The molecule has 0 bridgehead atoms. The molecular weight excluding hydrogens is 302 g/mol. The van der Waals surface area contributed by atoms with Crippen LogP contribution in [0.3, 0.4) is 0 Å². The summed E-state index contributed by atoms with van der Waals surface area (Å²) in [5.41, 5.74) is 0.0266. The summed E-state index contributed by atoms with van der Waals surface area (Å²) in [6.07, 6.45) is 1.35. The summed E-state index contributed by atoms with van der Waals surface area (Å²) >= 11 is 7.10. The van der Waals surface area contributed by atoms with Gasteiger partial charge in [-0.25, -0.2) is 0 Å². The SMILES string of the molecule is O=[N+]([O-])c1ccccc1Sc1cc(Cl)nc2ncnn12. The molecule has 7 nitrogen and oxygen atoms in total. The highest BCUT2D eigenvalue weighted by molar-refractivity contribution is 7.99. The highest BCUT2D eigenvalue weighted by atomic mass is 35.5. The van der Waals surface area contributed by atoms with Crippen molar-refractivity contribution in [3.63, 3.8) is 0 Å². The first-order chi connectivity index (χ1) is 9.65. The molecule has 0 unspecified atom stereocenters. The molecule has 0 saturated heterocycles. The van der Waals surface area contributed by atoms with Crippen LogP contribution < -0.4 is 0 Å². The third-order valence-corrected chi connectivity index (χ3v) is 3.72. The highest BCUT2D eigenvalue weighted by Gasteiger charge is 2.16. The average Bonchev–Trinajstić information content (AvgIpc) is 2.87. The lowest BCUT2D eigenvalue weighted by atomic mass is 10.3. The van der Waals surface area contributed by atoms with Gasteiger partial charge in [0.2, 0.25) is 0 Å². The van der Waals surface area contributed by atoms with Crippen LogP contribution in [0.25, 0.3) is 5.78 Å². The number of fused-ring (bicyclic) bond motifs is 1. The minimum Gasteiger partial charge on any atom is -0.258 e. The van der Waals surface area contributed by atoms with E-state index in [9.17, 15) is 10.1 Å². The number of halogens is 1. The van der Waals surface area contributed by atoms with Gasteiger partial charge in [0, 0.05) is 12.1 Å². The standard InChI is InChI=1S/C11H6ClN5O2S/c12-9-5-10(16-11(15-9)13-6-14-16)20-8-4-2-1-3-7(8)17(18)19/h1-6H. The van der Waals surface area contributed by atoms with Gasteiger partial charge >= 0.3 is 0 Å². The Hall–Kier alpha value is -2.19. The zero-order valence-corrected chi connectivity index (χ0v) is 11.4. The third-order valence-electron chi connectivity index (χ3n) is 2.46. The van der Waals surface area contributed by atoms with Gasteiger partial charge in [-0.1, -0.05) is 35.5 Å². The summed E-state index contributed by atoms with van der Waals surface area (Å²) in [4.78, 5) is 19.0. The van der Waals surface area contributed by atoms with Crippen LogP contribution in [0.15, 0.2) is 46.6 Å². The van der Waals surface area contributed by atoms with Gasteiger partial charge in [0.05, 0.1) is 9.82 Å². The summed E-state index contributed by atoms with van der Waals surface area (Å²) in [6.45, 7) is 0. The second kappa shape index (κ2) is 5.06. The van der Waals surface area contributed by atoms with Crippen molar-refractivity contribution >= 4 is 34.8 Å². The van der Waals surface area contributed by atoms with Crippen molar-refractivity contribution in [1.29, 1.82) is 0 Å². The molecule has 0 N–H and O–H groups in total. The van der Waals surface area contributed by atoms with Gasteiger partial charge in [0.1, 0.15) is 16.5 Å². The van der Waals surface area contributed by atoms with E-state index in [4.69, 9.17) is 11.6 Å². The van der Waals surface area contributed by atoms with Crippen molar-refractivity contribution in [2.45, 2.75) is 9.92 Å². The molecule has 1 aromatic carbocycles. The number of nitro benzene ring substituents is 1. The molecule has 2 heterocycles. The Balaban J connectivity index is 2.10. The topological polar surface area (TPSA) is 86.2 Å². The summed E-state index contributed by atoms with van der Waals surface area (Å²) in [5.74, 6) is 0.346. The van der Waals surface area contributed by atoms with E-state index in [0.717, 1.165) is 0 Å². The van der Waals surface area contributed by atoms with Gasteiger partial charge < -0.3 is 0 Å². The van der Waals surface area contributed by atoms with E-state index in [-0.39, 0.29) is 10.8 Å². The molecule has 3 aromatic rings. The molecule has 0 atom stereocenters. The minimum absolute atomic E-state index is 0.0266. The first-order valence-corrected chi connectivity index (χ1v) is 6.62. The Kier molecular flexibility index (Phi) is 3.25. The molecule has 20 heavy (non-hydrogen) atoms. The molecule has 2 aromatic heterocycles. The molecule has 0 aliphatic carbocycles. The first kappa shape index (κ1) is 12.8. The van der Waals surface area contributed by atoms with E-state index >= 15 is 0 Å². The average molecular weight is 308 g/mol. The predicted octanol–water partition coefficient (Wildman–Crippen LogP) is 2.84. The Morgan fingerprint density at radius 3 is 2.95 bits per heavy atom. The fourth-order valence-corrected chi connectivity index (χ4v) is 2.89. The van der Waals surface area contributed by atoms with E-state index in [1.165, 1.54) is 28.7 Å². The van der Waals surface area contributed by atoms with Gasteiger partial charge in [0.15, 0.2) is 0 Å². The fraction of sp³-hybridized carbons (Fsp3) is 0. The largest absolute Gasteiger partial charge is 0.283 e. The number of rotatable bonds is 3. The third kappa shape index (κ3) is 2.30. The molecule has 9 heteroatoms. The van der Waals surface area contributed by atoms with Crippen LogP contribution in [0, 0.1) is 10.1 Å². The van der Waals surface area contributed by atoms with Crippen molar-refractivity contribution in [3.8, 4) is 0 Å². The number of para-hydroxylation sites is 1. The summed E-state index contributed by atoms with van der Waals surface area (Å²) in [5, 5.41) is 15.9.